The molecule has 0 unspecified atom stereocenters. The molecule has 0 saturated carbocycles. The maximum Gasteiger partial charge on any atom is 0.227 e. The van der Waals surface area contributed by atoms with E-state index < -0.39 is 0 Å². The lowest BCUT2D eigenvalue weighted by Gasteiger charge is -2.31. The smallest absolute Gasteiger partial charge is 0.227 e. The number of aryl methyl sites for hydroxylation is 2. The molecule has 0 atom stereocenters. The Morgan fingerprint density at radius 3 is 2.55 bits per heavy atom. The minimum atomic E-state index is 0.187. The highest BCUT2D eigenvalue weighted by atomic mass is 16.5. The first-order valence-corrected chi connectivity index (χ1v) is 11.2. The number of amides is 1. The third kappa shape index (κ3) is 4.66. The third-order valence-corrected chi connectivity index (χ3v) is 6.26. The van der Waals surface area contributed by atoms with Crippen LogP contribution in [0.25, 0.3) is 11.1 Å². The molecule has 0 bridgehead atoms. The summed E-state index contributed by atoms with van der Waals surface area (Å²) >= 11 is 0. The Bertz CT molecular complexity index is 1070. The van der Waals surface area contributed by atoms with Crippen LogP contribution in [0.1, 0.15) is 41.5 Å². The summed E-state index contributed by atoms with van der Waals surface area (Å²) in [5, 5.41) is 0. The summed E-state index contributed by atoms with van der Waals surface area (Å²) in [6.45, 7) is 7.62. The van der Waals surface area contributed by atoms with Crippen molar-refractivity contribution in [2.45, 2.75) is 46.5 Å². The first-order valence-electron chi connectivity index (χ1n) is 11.2. The molecule has 3 heteroatoms. The van der Waals surface area contributed by atoms with Crippen molar-refractivity contribution in [3.63, 3.8) is 0 Å². The molecular formula is C28H31NO2. The predicted octanol–water partition coefficient (Wildman–Crippen LogP) is 6.42. The number of benzene rings is 3. The fraction of sp³-hybridized carbons (Fsp3) is 0.321. The van der Waals surface area contributed by atoms with E-state index >= 15 is 0 Å². The molecule has 31 heavy (non-hydrogen) atoms. The van der Waals surface area contributed by atoms with Crippen LogP contribution in [0.4, 0.5) is 5.69 Å². The number of hydrogen-bond donors (Lipinski definition) is 0. The molecule has 3 aromatic carbocycles. The van der Waals surface area contributed by atoms with E-state index in [1.165, 1.54) is 33.4 Å². The lowest BCUT2D eigenvalue weighted by atomic mass is 9.91. The van der Waals surface area contributed by atoms with Crippen molar-refractivity contribution >= 4 is 11.6 Å². The Balaban J connectivity index is 1.43. The van der Waals surface area contributed by atoms with Gasteiger partial charge in [-0.15, -0.1) is 0 Å². The van der Waals surface area contributed by atoms with Gasteiger partial charge in [-0.1, -0.05) is 54.1 Å². The zero-order valence-corrected chi connectivity index (χ0v) is 18.8. The van der Waals surface area contributed by atoms with Crippen LogP contribution in [0, 0.1) is 20.8 Å². The van der Waals surface area contributed by atoms with Gasteiger partial charge < -0.3 is 9.64 Å². The number of anilines is 1. The van der Waals surface area contributed by atoms with Gasteiger partial charge in [0.2, 0.25) is 5.91 Å². The lowest BCUT2D eigenvalue weighted by Crippen LogP contribution is -2.35. The maximum atomic E-state index is 13.1. The van der Waals surface area contributed by atoms with Crippen molar-refractivity contribution < 1.29 is 9.53 Å². The van der Waals surface area contributed by atoms with Gasteiger partial charge >= 0.3 is 0 Å². The van der Waals surface area contributed by atoms with Gasteiger partial charge in [-0.3, -0.25) is 4.79 Å². The van der Waals surface area contributed by atoms with Gasteiger partial charge in [0, 0.05) is 18.7 Å². The average molecular weight is 414 g/mol. The second kappa shape index (κ2) is 9.38. The fourth-order valence-corrected chi connectivity index (χ4v) is 4.31. The van der Waals surface area contributed by atoms with E-state index in [1.807, 2.05) is 17.0 Å². The van der Waals surface area contributed by atoms with Crippen LogP contribution >= 0.6 is 0 Å². The van der Waals surface area contributed by atoms with Crippen LogP contribution in [0.15, 0.2) is 60.7 Å². The van der Waals surface area contributed by atoms with Crippen LogP contribution in [0.2, 0.25) is 0 Å². The number of hydrogen-bond acceptors (Lipinski definition) is 2. The molecule has 0 aliphatic carbocycles. The Hall–Kier alpha value is -3.07. The average Bonchev–Trinajstić information content (AvgIpc) is 2.79. The van der Waals surface area contributed by atoms with E-state index in [0.29, 0.717) is 13.0 Å². The largest absolute Gasteiger partial charge is 0.493 e. The van der Waals surface area contributed by atoms with E-state index in [4.69, 9.17) is 4.74 Å². The lowest BCUT2D eigenvalue weighted by molar-refractivity contribution is -0.118. The zero-order chi connectivity index (χ0) is 21.8. The predicted molar refractivity (Wildman–Crippen MR) is 128 cm³/mol. The first-order chi connectivity index (χ1) is 15.0. The van der Waals surface area contributed by atoms with E-state index in [1.54, 1.807) is 0 Å². The highest BCUT2D eigenvalue weighted by molar-refractivity contribution is 5.96. The molecule has 0 aromatic heterocycles. The molecule has 0 saturated heterocycles. The topological polar surface area (TPSA) is 29.5 Å². The van der Waals surface area contributed by atoms with Crippen molar-refractivity contribution in [2.75, 3.05) is 18.1 Å². The first kappa shape index (κ1) is 21.2. The number of carbonyl (C=O) groups excluding carboxylic acids is 1. The molecule has 1 heterocycles. The summed E-state index contributed by atoms with van der Waals surface area (Å²) < 4.78 is 5.94. The van der Waals surface area contributed by atoms with Crippen LogP contribution < -0.4 is 9.64 Å². The SMILES string of the molecule is Cc1ccc(-c2cccc3c2CCCN3C(=O)CCCOc2cccc(C)c2C)cc1. The van der Waals surface area contributed by atoms with Crippen LogP contribution in [-0.4, -0.2) is 19.1 Å². The molecule has 0 radical (unpaired) electrons. The van der Waals surface area contributed by atoms with E-state index in [2.05, 4.69) is 69.3 Å². The third-order valence-electron chi connectivity index (χ3n) is 6.26. The number of nitrogens with zero attached hydrogens (tertiary/aromatic N) is 1. The normalized spacial score (nSPS) is 13.1. The van der Waals surface area contributed by atoms with Crippen molar-refractivity contribution in [3.8, 4) is 16.9 Å². The molecular weight excluding hydrogens is 382 g/mol. The number of rotatable bonds is 6. The molecule has 1 aliphatic heterocycles. The van der Waals surface area contributed by atoms with E-state index in [-0.39, 0.29) is 5.91 Å². The summed E-state index contributed by atoms with van der Waals surface area (Å²) in [6, 6.07) is 21.1. The summed E-state index contributed by atoms with van der Waals surface area (Å²) in [5.74, 6) is 1.10. The van der Waals surface area contributed by atoms with Crippen LogP contribution in [0.5, 0.6) is 5.75 Å². The Kier molecular flexibility index (Phi) is 6.41. The van der Waals surface area contributed by atoms with Crippen molar-refractivity contribution in [1.82, 2.24) is 0 Å². The van der Waals surface area contributed by atoms with Crippen molar-refractivity contribution in [3.05, 3.63) is 82.9 Å². The summed E-state index contributed by atoms with van der Waals surface area (Å²) in [6.07, 6.45) is 3.23. The Morgan fingerprint density at radius 1 is 0.968 bits per heavy atom. The minimum Gasteiger partial charge on any atom is -0.493 e. The van der Waals surface area contributed by atoms with Crippen LogP contribution in [0.3, 0.4) is 0 Å². The molecule has 0 spiro atoms. The number of fused-ring (bicyclic) bond motifs is 1. The number of ether oxygens (including phenoxy) is 1. The monoisotopic (exact) mass is 413 g/mol. The van der Waals surface area contributed by atoms with Gasteiger partial charge in [0.05, 0.1) is 6.61 Å². The van der Waals surface area contributed by atoms with Gasteiger partial charge in [0.25, 0.3) is 0 Å². The highest BCUT2D eigenvalue weighted by Crippen LogP contribution is 2.36. The van der Waals surface area contributed by atoms with Gasteiger partial charge in [-0.25, -0.2) is 0 Å². The molecule has 3 nitrogen and oxygen atoms in total. The van der Waals surface area contributed by atoms with Gasteiger partial charge in [0.1, 0.15) is 5.75 Å². The zero-order valence-electron chi connectivity index (χ0n) is 18.8. The van der Waals surface area contributed by atoms with Gasteiger partial charge in [-0.2, -0.15) is 0 Å². The van der Waals surface area contributed by atoms with Gasteiger partial charge in [-0.05, 0) is 80.0 Å². The van der Waals surface area contributed by atoms with Crippen molar-refractivity contribution in [2.24, 2.45) is 0 Å². The Morgan fingerprint density at radius 2 is 1.74 bits per heavy atom. The van der Waals surface area contributed by atoms with Gasteiger partial charge in [0.15, 0.2) is 0 Å². The quantitative estimate of drug-likeness (QED) is 0.437. The Labute approximate surface area is 185 Å². The number of carbonyl (C=O) groups is 1. The molecule has 160 valence electrons. The summed E-state index contributed by atoms with van der Waals surface area (Å²) in [7, 11) is 0. The minimum absolute atomic E-state index is 0.187. The fourth-order valence-electron chi connectivity index (χ4n) is 4.31. The van der Waals surface area contributed by atoms with Crippen molar-refractivity contribution in [1.29, 1.82) is 0 Å². The molecule has 0 N–H and O–H groups in total. The second-order valence-corrected chi connectivity index (χ2v) is 8.47. The molecule has 0 fully saturated rings. The summed E-state index contributed by atoms with van der Waals surface area (Å²) in [4.78, 5) is 15.0. The second-order valence-electron chi connectivity index (χ2n) is 8.47. The standard InChI is InChI=1S/C28H31NO2/c1-20-14-16-23(17-15-20)24-9-5-11-26-25(24)10-6-18-29(26)28(30)13-7-19-31-27-12-4-8-21(2)22(27)3/h4-5,8-9,11-12,14-17H,6-7,10,13,18-19H2,1-3H3. The molecule has 1 amide bonds. The molecule has 4 rings (SSSR count). The maximum absolute atomic E-state index is 13.1. The molecule has 1 aliphatic rings. The summed E-state index contributed by atoms with van der Waals surface area (Å²) in [5.41, 5.74) is 8.48. The molecule has 3 aromatic rings. The van der Waals surface area contributed by atoms with E-state index in [9.17, 15) is 4.79 Å². The van der Waals surface area contributed by atoms with E-state index in [0.717, 1.165) is 37.2 Å². The van der Waals surface area contributed by atoms with Crippen LogP contribution in [-0.2, 0) is 11.2 Å². The highest BCUT2D eigenvalue weighted by Gasteiger charge is 2.24.